The van der Waals surface area contributed by atoms with Crippen LogP contribution in [0.5, 0.6) is 0 Å². The molecule has 0 aromatic rings. The summed E-state index contributed by atoms with van der Waals surface area (Å²) in [6.45, 7) is 4.60. The number of hydrogen-bond donors (Lipinski definition) is 1. The topological polar surface area (TPSA) is 99.1 Å². The zero-order chi connectivity index (χ0) is 42.1. The smallest absolute Gasteiger partial charge is 0.362 e. The Kier molecular flexibility index (Phi) is 38.2. The molecule has 8 nitrogen and oxygen atoms in total. The highest BCUT2D eigenvalue weighted by atomic mass is 16.6. The van der Waals surface area contributed by atoms with E-state index >= 15 is 0 Å². The van der Waals surface area contributed by atoms with E-state index in [0.29, 0.717) is 19.3 Å². The fraction of sp³-hybridized carbons (Fsp3) is 0.776. The van der Waals surface area contributed by atoms with Gasteiger partial charge in [0.25, 0.3) is 0 Å². The standard InChI is InChI=1S/C49H87NO7/c1-6-8-10-12-14-16-18-20-21-22-23-24-25-26-27-28-30-32-34-36-38-40-48(52)57-45(43-55-42-41-46(49(53)54)50(3,4)5)44-56-47(51)39-37-35-33-31-29-19-17-15-13-11-9-7-2/h8,10,14-17,20-21,45-46H,6-7,9,11-13,18-19,22-44H2,1-5H3/p+1/b10-8+,16-14+,17-15+,21-20+. The van der Waals surface area contributed by atoms with Crippen LogP contribution >= 0.6 is 0 Å². The Balaban J connectivity index is 4.27. The first-order valence-electron chi connectivity index (χ1n) is 23.2. The molecule has 0 rings (SSSR count). The molecule has 0 saturated carbocycles. The van der Waals surface area contributed by atoms with Gasteiger partial charge in [0.15, 0.2) is 12.1 Å². The third-order valence-corrected chi connectivity index (χ3v) is 10.2. The van der Waals surface area contributed by atoms with Gasteiger partial charge < -0.3 is 23.8 Å². The molecule has 0 heterocycles. The third-order valence-electron chi connectivity index (χ3n) is 10.2. The van der Waals surface area contributed by atoms with Crippen molar-refractivity contribution in [1.29, 1.82) is 0 Å². The average molecular weight is 803 g/mol. The first kappa shape index (κ1) is 54.3. The van der Waals surface area contributed by atoms with Gasteiger partial charge in [-0.25, -0.2) is 4.79 Å². The highest BCUT2D eigenvalue weighted by Gasteiger charge is 2.31. The molecule has 0 fully saturated rings. The van der Waals surface area contributed by atoms with E-state index in [-0.39, 0.29) is 36.2 Å². The van der Waals surface area contributed by atoms with Crippen LogP contribution in [0.3, 0.4) is 0 Å². The molecule has 0 bridgehead atoms. The SMILES string of the molecule is CC/C=C/C/C=C/C/C=C/CCCCCCCCCCCCCC(=O)OC(COCCC(C(=O)O)[N+](C)(C)C)COC(=O)CCCCCCC/C=C/CCCCC. The van der Waals surface area contributed by atoms with Crippen LogP contribution in [0.4, 0.5) is 0 Å². The van der Waals surface area contributed by atoms with Crippen LogP contribution in [0, 0.1) is 0 Å². The van der Waals surface area contributed by atoms with E-state index in [0.717, 1.165) is 70.6 Å². The van der Waals surface area contributed by atoms with Crippen LogP contribution in [0.1, 0.15) is 194 Å². The number of carbonyl (C=O) groups excluding carboxylic acids is 2. The molecule has 0 aromatic heterocycles. The van der Waals surface area contributed by atoms with Crippen molar-refractivity contribution in [1.82, 2.24) is 0 Å². The molecule has 0 spiro atoms. The van der Waals surface area contributed by atoms with Crippen molar-refractivity contribution >= 4 is 17.9 Å². The van der Waals surface area contributed by atoms with Crippen molar-refractivity contribution in [2.75, 3.05) is 41.0 Å². The number of esters is 2. The molecule has 0 amide bonds. The monoisotopic (exact) mass is 803 g/mol. The first-order chi connectivity index (χ1) is 27.6. The quantitative estimate of drug-likeness (QED) is 0.0284. The number of unbranched alkanes of at least 4 members (excludes halogenated alkanes) is 19. The van der Waals surface area contributed by atoms with Gasteiger partial charge in [0, 0.05) is 19.3 Å². The van der Waals surface area contributed by atoms with Gasteiger partial charge >= 0.3 is 17.9 Å². The van der Waals surface area contributed by atoms with E-state index in [4.69, 9.17) is 14.2 Å². The minimum absolute atomic E-state index is 0.0562. The number of likely N-dealkylation sites (N-methyl/N-ethyl adjacent to an activating group) is 1. The second-order valence-electron chi connectivity index (χ2n) is 16.6. The number of carbonyl (C=O) groups is 3. The van der Waals surface area contributed by atoms with Gasteiger partial charge in [-0.05, 0) is 70.6 Å². The molecule has 0 aromatic carbocycles. The molecule has 2 unspecified atom stereocenters. The molecular weight excluding hydrogens is 715 g/mol. The lowest BCUT2D eigenvalue weighted by Crippen LogP contribution is -2.50. The minimum Gasteiger partial charge on any atom is -0.477 e. The predicted octanol–water partition coefficient (Wildman–Crippen LogP) is 12.8. The number of rotatable bonds is 41. The summed E-state index contributed by atoms with van der Waals surface area (Å²) in [7, 11) is 5.52. The van der Waals surface area contributed by atoms with Gasteiger partial charge in [0.05, 0.1) is 34.4 Å². The van der Waals surface area contributed by atoms with Gasteiger partial charge in [-0.1, -0.05) is 152 Å². The highest BCUT2D eigenvalue weighted by Crippen LogP contribution is 2.15. The Morgan fingerprint density at radius 2 is 0.982 bits per heavy atom. The number of quaternary nitrogens is 1. The molecule has 0 aliphatic rings. The van der Waals surface area contributed by atoms with Crippen molar-refractivity contribution in [3.63, 3.8) is 0 Å². The van der Waals surface area contributed by atoms with Crippen LogP contribution in [-0.2, 0) is 28.6 Å². The van der Waals surface area contributed by atoms with E-state index in [2.05, 4.69) is 62.5 Å². The number of carboxylic acids is 1. The molecule has 0 saturated heterocycles. The maximum Gasteiger partial charge on any atom is 0.362 e. The maximum absolute atomic E-state index is 12.7. The van der Waals surface area contributed by atoms with Gasteiger partial charge in [-0.2, -0.15) is 0 Å². The summed E-state index contributed by atoms with van der Waals surface area (Å²) in [5, 5.41) is 9.62. The van der Waals surface area contributed by atoms with Gasteiger partial charge in [0.2, 0.25) is 0 Å². The number of nitrogens with zero attached hydrogens (tertiary/aromatic N) is 1. The molecule has 8 heteroatoms. The Labute approximate surface area is 350 Å². The van der Waals surface area contributed by atoms with Crippen molar-refractivity contribution in [3.05, 3.63) is 48.6 Å². The van der Waals surface area contributed by atoms with Gasteiger partial charge in [0.1, 0.15) is 6.61 Å². The van der Waals surface area contributed by atoms with E-state index < -0.39 is 18.1 Å². The zero-order valence-electron chi connectivity index (χ0n) is 37.5. The fourth-order valence-electron chi connectivity index (χ4n) is 6.63. The normalized spacial score (nSPS) is 13.4. The molecule has 0 aliphatic carbocycles. The van der Waals surface area contributed by atoms with Crippen molar-refractivity contribution in [2.45, 2.75) is 206 Å². The van der Waals surface area contributed by atoms with Gasteiger partial charge in [-0.3, -0.25) is 9.59 Å². The second-order valence-corrected chi connectivity index (χ2v) is 16.6. The van der Waals surface area contributed by atoms with E-state index in [1.165, 1.54) is 89.9 Å². The highest BCUT2D eigenvalue weighted by molar-refractivity contribution is 5.72. The summed E-state index contributed by atoms with van der Waals surface area (Å²) in [4.78, 5) is 37.0. The molecule has 330 valence electrons. The van der Waals surface area contributed by atoms with Crippen LogP contribution in [0.2, 0.25) is 0 Å². The molecular formula is C49H88NO7+. The summed E-state index contributed by atoms with van der Waals surface area (Å²) < 4.78 is 17.3. The number of allylic oxidation sites excluding steroid dienone is 8. The molecule has 1 N–H and O–H groups in total. The predicted molar refractivity (Wildman–Crippen MR) is 238 cm³/mol. The Hall–Kier alpha value is -2.71. The summed E-state index contributed by atoms with van der Waals surface area (Å²) in [6.07, 6.45) is 47.2. The summed E-state index contributed by atoms with van der Waals surface area (Å²) >= 11 is 0. The maximum atomic E-state index is 12.7. The Bertz CT molecular complexity index is 1070. The summed E-state index contributed by atoms with van der Waals surface area (Å²) in [6, 6.07) is -0.616. The zero-order valence-corrected chi connectivity index (χ0v) is 37.5. The number of ether oxygens (including phenoxy) is 3. The third kappa shape index (κ3) is 38.6. The number of carboxylic acid groups (broad SMARTS) is 1. The molecule has 2 atom stereocenters. The van der Waals surface area contributed by atoms with Gasteiger partial charge in [-0.15, -0.1) is 0 Å². The van der Waals surface area contributed by atoms with E-state index in [9.17, 15) is 19.5 Å². The van der Waals surface area contributed by atoms with Crippen molar-refractivity contribution in [3.8, 4) is 0 Å². The van der Waals surface area contributed by atoms with Crippen molar-refractivity contribution < 1.29 is 38.2 Å². The lowest BCUT2D eigenvalue weighted by molar-refractivity contribution is -0.887. The second kappa shape index (κ2) is 40.1. The lowest BCUT2D eigenvalue weighted by Gasteiger charge is -2.31. The van der Waals surface area contributed by atoms with Crippen LogP contribution in [0.25, 0.3) is 0 Å². The summed E-state index contributed by atoms with van der Waals surface area (Å²) in [5.74, 6) is -1.48. The summed E-state index contributed by atoms with van der Waals surface area (Å²) in [5.41, 5.74) is 0. The van der Waals surface area contributed by atoms with E-state index in [1.807, 2.05) is 21.1 Å². The molecule has 0 radical (unpaired) electrons. The van der Waals surface area contributed by atoms with Crippen LogP contribution in [0.15, 0.2) is 48.6 Å². The Morgan fingerprint density at radius 1 is 0.544 bits per heavy atom. The Morgan fingerprint density at radius 3 is 1.47 bits per heavy atom. The van der Waals surface area contributed by atoms with Crippen LogP contribution < -0.4 is 0 Å². The number of aliphatic carboxylic acids is 1. The minimum atomic E-state index is -0.877. The average Bonchev–Trinajstić information content (AvgIpc) is 3.17. The molecule has 0 aliphatic heterocycles. The van der Waals surface area contributed by atoms with E-state index in [1.54, 1.807) is 0 Å². The first-order valence-corrected chi connectivity index (χ1v) is 23.2. The largest absolute Gasteiger partial charge is 0.477 e. The molecule has 57 heavy (non-hydrogen) atoms. The van der Waals surface area contributed by atoms with Crippen molar-refractivity contribution in [2.24, 2.45) is 0 Å². The number of hydrogen-bond acceptors (Lipinski definition) is 6. The van der Waals surface area contributed by atoms with Crippen LogP contribution in [-0.4, -0.2) is 80.6 Å². The lowest BCUT2D eigenvalue weighted by atomic mass is 10.0. The fourth-order valence-corrected chi connectivity index (χ4v) is 6.63.